The van der Waals surface area contributed by atoms with Crippen LogP contribution in [0.15, 0.2) is 29.0 Å². The minimum atomic E-state index is -0.673. The zero-order chi connectivity index (χ0) is 16.1. The summed E-state index contributed by atoms with van der Waals surface area (Å²) >= 11 is 0. The van der Waals surface area contributed by atoms with E-state index in [1.165, 1.54) is 0 Å². The number of carbonyl (C=O) groups is 3. The van der Waals surface area contributed by atoms with Gasteiger partial charge in [0.25, 0.3) is 0 Å². The van der Waals surface area contributed by atoms with Gasteiger partial charge in [-0.2, -0.15) is 6.08 Å². The van der Waals surface area contributed by atoms with Crippen LogP contribution in [0.5, 0.6) is 0 Å². The Morgan fingerprint density at radius 3 is 2.78 bits per heavy atom. The molecule has 0 aromatic heterocycles. The number of rotatable bonds is 4. The van der Waals surface area contributed by atoms with Crippen LogP contribution in [-0.4, -0.2) is 30.8 Å². The zero-order valence-corrected chi connectivity index (χ0v) is 16.1. The molecule has 0 spiro atoms. The van der Waals surface area contributed by atoms with Gasteiger partial charge in [0.1, 0.15) is 5.91 Å². The van der Waals surface area contributed by atoms with Gasteiger partial charge >= 0.3 is 0 Å². The largest absolute Gasteiger partial charge is 0.394 e. The van der Waals surface area contributed by atoms with Gasteiger partial charge in [-0.15, -0.1) is 17.2 Å². The molecule has 2 rings (SSSR count). The maximum absolute atomic E-state index is 12.4. The van der Waals surface area contributed by atoms with E-state index in [1.54, 1.807) is 6.08 Å². The number of imide groups is 1. The quantitative estimate of drug-likeness (QED) is 0.399. The smallest absolute Gasteiger partial charge is 0.248 e. The van der Waals surface area contributed by atoms with Gasteiger partial charge in [-0.3, -0.25) is 14.9 Å². The van der Waals surface area contributed by atoms with Crippen LogP contribution in [0.25, 0.3) is 0 Å². The Bertz CT molecular complexity index is 593. The van der Waals surface area contributed by atoms with Gasteiger partial charge in [0.15, 0.2) is 0 Å². The first-order chi connectivity index (χ1) is 10.5. The van der Waals surface area contributed by atoms with Gasteiger partial charge in [-0.1, -0.05) is 19.4 Å². The van der Waals surface area contributed by atoms with E-state index in [0.717, 1.165) is 11.3 Å². The van der Waals surface area contributed by atoms with Crippen LogP contribution < -0.4 is 16.0 Å². The van der Waals surface area contributed by atoms with Crippen LogP contribution in [0.4, 0.5) is 0 Å². The first kappa shape index (κ1) is 19.4. The van der Waals surface area contributed by atoms with Gasteiger partial charge in [-0.05, 0) is 12.8 Å². The average molecular weight is 486 g/mol. The predicted octanol–water partition coefficient (Wildman–Crippen LogP) is 0.478. The molecule has 1 fully saturated rings. The maximum Gasteiger partial charge on any atom is 0.248 e. The second-order valence-corrected chi connectivity index (χ2v) is 5.20. The summed E-state index contributed by atoms with van der Waals surface area (Å²) in [6.45, 7) is 1.96. The summed E-state index contributed by atoms with van der Waals surface area (Å²) in [4.78, 5) is 35.3. The van der Waals surface area contributed by atoms with Gasteiger partial charge in [0, 0.05) is 40.2 Å². The van der Waals surface area contributed by atoms with Gasteiger partial charge < -0.3 is 15.4 Å². The van der Waals surface area contributed by atoms with Crippen molar-refractivity contribution in [1.82, 2.24) is 16.0 Å². The van der Waals surface area contributed by atoms with Crippen molar-refractivity contribution in [3.8, 4) is 0 Å². The number of piperidine rings is 1. The minimum Gasteiger partial charge on any atom is -0.394 e. The van der Waals surface area contributed by atoms with Crippen molar-refractivity contribution < 1.29 is 35.4 Å². The molecule has 124 valence electrons. The fourth-order valence-corrected chi connectivity index (χ4v) is 2.42. The summed E-state index contributed by atoms with van der Waals surface area (Å²) < 4.78 is 0. The number of carbonyl (C=O) groups excluding carboxylic acids is 3. The molecule has 0 radical (unpaired) electrons. The standard InChI is InChI=1S/C16H20N3O3.W/c1-3-10-9-11(17-2)5-4-6-12(10)15(21)18-13-7-8-14(20)19-16(13)22;/h4,9,13,17H,3,5,7-8H2,1-2H3,(H,18,21)(H,19,20,22);/q-1;. The third kappa shape index (κ3) is 4.90. The summed E-state index contributed by atoms with van der Waals surface area (Å²) in [7, 11) is 1.83. The third-order valence-electron chi connectivity index (χ3n) is 3.71. The maximum atomic E-state index is 12.4. The van der Waals surface area contributed by atoms with E-state index < -0.39 is 11.9 Å². The molecule has 1 unspecified atom stereocenters. The van der Waals surface area contributed by atoms with Crippen LogP contribution in [0.3, 0.4) is 0 Å². The monoisotopic (exact) mass is 486 g/mol. The van der Waals surface area contributed by atoms with Crippen molar-refractivity contribution in [2.45, 2.75) is 38.6 Å². The van der Waals surface area contributed by atoms with Crippen molar-refractivity contribution in [2.24, 2.45) is 0 Å². The van der Waals surface area contributed by atoms with Gasteiger partial charge in [0.05, 0.1) is 6.04 Å². The van der Waals surface area contributed by atoms with Crippen molar-refractivity contribution in [3.05, 3.63) is 35.1 Å². The molecule has 23 heavy (non-hydrogen) atoms. The van der Waals surface area contributed by atoms with Crippen molar-refractivity contribution in [3.63, 3.8) is 0 Å². The van der Waals surface area contributed by atoms with Crippen molar-refractivity contribution >= 4 is 17.7 Å². The number of allylic oxidation sites excluding steroid dienone is 3. The molecule has 0 aromatic carbocycles. The predicted molar refractivity (Wildman–Crippen MR) is 81.2 cm³/mol. The molecular weight excluding hydrogens is 466 g/mol. The molecule has 1 atom stereocenters. The SMILES string of the molecule is CCC1=C(C(=O)NC2CCC(=O)NC2=O)[C-]=CCC(NC)=C1.[W]. The summed E-state index contributed by atoms with van der Waals surface area (Å²) in [6, 6.07) is -0.673. The fourth-order valence-electron chi connectivity index (χ4n) is 2.42. The Morgan fingerprint density at radius 1 is 1.43 bits per heavy atom. The second-order valence-electron chi connectivity index (χ2n) is 5.20. The van der Waals surface area contributed by atoms with E-state index in [2.05, 4.69) is 22.0 Å². The average Bonchev–Trinajstić information content (AvgIpc) is 2.71. The Balaban J connectivity index is 0.00000264. The van der Waals surface area contributed by atoms with E-state index >= 15 is 0 Å². The minimum absolute atomic E-state index is 0. The number of hydrogen-bond acceptors (Lipinski definition) is 4. The summed E-state index contributed by atoms with van der Waals surface area (Å²) in [5, 5.41) is 8.01. The molecule has 0 aromatic rings. The fraction of sp³-hybridized carbons (Fsp3) is 0.438. The van der Waals surface area contributed by atoms with Gasteiger partial charge in [0.2, 0.25) is 11.8 Å². The molecule has 6 nitrogen and oxygen atoms in total. The first-order valence-electron chi connectivity index (χ1n) is 7.39. The molecular formula is C16H20N3O3W-. The second kappa shape index (κ2) is 8.82. The van der Waals surface area contributed by atoms with Crippen LogP contribution in [0, 0.1) is 6.08 Å². The Labute approximate surface area is 150 Å². The molecule has 1 aliphatic carbocycles. The molecule has 2 aliphatic rings. The summed E-state index contributed by atoms with van der Waals surface area (Å²) in [5.41, 5.74) is 2.31. The molecule has 7 heteroatoms. The Hall–Kier alpha value is -1.68. The van der Waals surface area contributed by atoms with E-state index in [9.17, 15) is 14.4 Å². The van der Waals surface area contributed by atoms with Crippen LogP contribution in [0.1, 0.15) is 32.6 Å². The molecule has 1 aliphatic heterocycles. The van der Waals surface area contributed by atoms with Gasteiger partial charge in [-0.25, -0.2) is 0 Å². The van der Waals surface area contributed by atoms with Crippen molar-refractivity contribution in [2.75, 3.05) is 7.05 Å². The zero-order valence-electron chi connectivity index (χ0n) is 13.2. The molecule has 3 N–H and O–H groups in total. The van der Waals surface area contributed by atoms with E-state index in [4.69, 9.17) is 0 Å². The van der Waals surface area contributed by atoms with Crippen molar-refractivity contribution in [1.29, 1.82) is 0 Å². The topological polar surface area (TPSA) is 87.3 Å². The number of hydrogen-bond donors (Lipinski definition) is 3. The number of amides is 3. The van der Waals surface area contributed by atoms with E-state index in [1.807, 2.05) is 20.0 Å². The van der Waals surface area contributed by atoms with Crippen LogP contribution in [0.2, 0.25) is 0 Å². The molecule has 1 saturated heterocycles. The third-order valence-corrected chi connectivity index (χ3v) is 3.71. The number of nitrogens with one attached hydrogen (secondary N) is 3. The summed E-state index contributed by atoms with van der Waals surface area (Å²) in [5.74, 6) is -1.09. The summed E-state index contributed by atoms with van der Waals surface area (Å²) in [6.07, 6.45) is 8.67. The van der Waals surface area contributed by atoms with Crippen LogP contribution >= 0.6 is 0 Å². The normalized spacial score (nSPS) is 21.0. The molecule has 0 saturated carbocycles. The molecule has 3 amide bonds. The Morgan fingerprint density at radius 2 is 2.17 bits per heavy atom. The molecule has 1 heterocycles. The first-order valence-corrected chi connectivity index (χ1v) is 7.39. The Kier molecular flexibility index (Phi) is 7.43. The van der Waals surface area contributed by atoms with Crippen LogP contribution in [-0.2, 0) is 35.4 Å². The molecule has 0 bridgehead atoms. The van der Waals surface area contributed by atoms with E-state index in [0.29, 0.717) is 24.8 Å². The van der Waals surface area contributed by atoms with E-state index in [-0.39, 0.29) is 39.3 Å².